The van der Waals surface area contributed by atoms with Gasteiger partial charge in [-0.1, -0.05) is 40.2 Å². The highest BCUT2D eigenvalue weighted by molar-refractivity contribution is 9.10. The summed E-state index contributed by atoms with van der Waals surface area (Å²) >= 11 is 3.35. The molecule has 0 aliphatic carbocycles. The number of carbonyl (C=O) groups excluding carboxylic acids is 1. The fourth-order valence-electron chi connectivity index (χ4n) is 2.46. The van der Waals surface area contributed by atoms with Crippen molar-refractivity contribution in [3.05, 3.63) is 70.7 Å². The number of halogens is 1. The summed E-state index contributed by atoms with van der Waals surface area (Å²) in [6.45, 7) is 0. The van der Waals surface area contributed by atoms with Crippen LogP contribution in [0.15, 0.2) is 65.2 Å². The third-order valence-electron chi connectivity index (χ3n) is 3.70. The van der Waals surface area contributed by atoms with Crippen LogP contribution in [0.1, 0.15) is 30.9 Å². The smallest absolute Gasteiger partial charge is 0.412 e. The van der Waals surface area contributed by atoms with E-state index in [1.165, 1.54) is 6.07 Å². The molecule has 1 amide bonds. The molecule has 0 aliphatic heterocycles. The van der Waals surface area contributed by atoms with E-state index in [0.29, 0.717) is 30.5 Å². The van der Waals surface area contributed by atoms with E-state index in [0.717, 1.165) is 10.5 Å². The third-order valence-corrected chi connectivity index (χ3v) is 4.20. The van der Waals surface area contributed by atoms with Gasteiger partial charge in [0.25, 0.3) is 0 Å². The zero-order valence-corrected chi connectivity index (χ0v) is 16.1. The van der Waals surface area contributed by atoms with E-state index < -0.39 is 18.2 Å². The largest absolute Gasteiger partial charge is 0.508 e. The first-order valence-corrected chi connectivity index (χ1v) is 9.15. The second-order valence-electron chi connectivity index (χ2n) is 5.76. The van der Waals surface area contributed by atoms with Gasteiger partial charge in [0, 0.05) is 21.8 Å². The van der Waals surface area contributed by atoms with Gasteiger partial charge < -0.3 is 14.9 Å². The molecule has 1 atom stereocenters. The summed E-state index contributed by atoms with van der Waals surface area (Å²) in [4.78, 5) is 22.8. The predicted molar refractivity (Wildman–Crippen MR) is 106 cm³/mol. The third kappa shape index (κ3) is 7.15. The molecular weight excluding hydrogens is 414 g/mol. The van der Waals surface area contributed by atoms with Crippen molar-refractivity contribution in [2.45, 2.75) is 25.4 Å². The van der Waals surface area contributed by atoms with Gasteiger partial charge in [-0.25, -0.2) is 9.59 Å². The molecule has 0 aliphatic rings. The highest BCUT2D eigenvalue weighted by Gasteiger charge is 2.20. The molecule has 142 valence electrons. The number of carboxylic acid groups (broad SMARTS) is 1. The number of para-hydroxylation sites is 1. The monoisotopic (exact) mass is 433 g/mol. The van der Waals surface area contributed by atoms with E-state index in [-0.39, 0.29) is 5.75 Å². The maximum absolute atomic E-state index is 12.3. The van der Waals surface area contributed by atoms with Gasteiger partial charge in [-0.2, -0.15) is 0 Å². The van der Waals surface area contributed by atoms with Gasteiger partial charge in [0.2, 0.25) is 0 Å². The Balaban J connectivity index is 2.07. The number of ether oxygens (including phenoxy) is 1. The van der Waals surface area contributed by atoms with E-state index >= 15 is 0 Å². The molecule has 6 nitrogen and oxygen atoms in total. The van der Waals surface area contributed by atoms with Crippen LogP contribution < -0.4 is 5.32 Å². The van der Waals surface area contributed by atoms with Gasteiger partial charge in [0.15, 0.2) is 0 Å². The van der Waals surface area contributed by atoms with E-state index in [1.54, 1.807) is 42.5 Å². The van der Waals surface area contributed by atoms with Gasteiger partial charge in [-0.3, -0.25) is 5.32 Å². The minimum Gasteiger partial charge on any atom is -0.508 e. The van der Waals surface area contributed by atoms with Crippen molar-refractivity contribution in [2.75, 3.05) is 5.32 Å². The Morgan fingerprint density at radius 3 is 2.63 bits per heavy atom. The number of anilines is 1. The quantitative estimate of drug-likeness (QED) is 0.389. The molecule has 2 aromatic rings. The van der Waals surface area contributed by atoms with Crippen molar-refractivity contribution in [2.24, 2.45) is 0 Å². The molecule has 7 heteroatoms. The summed E-state index contributed by atoms with van der Waals surface area (Å²) < 4.78 is 6.28. The van der Waals surface area contributed by atoms with Crippen LogP contribution in [0.25, 0.3) is 0 Å². The second-order valence-corrected chi connectivity index (χ2v) is 6.68. The number of rotatable bonds is 8. The summed E-state index contributed by atoms with van der Waals surface area (Å²) in [5.74, 6) is -0.980. The summed E-state index contributed by atoms with van der Waals surface area (Å²) in [7, 11) is 0. The first-order valence-electron chi connectivity index (χ1n) is 8.36. The van der Waals surface area contributed by atoms with Crippen molar-refractivity contribution in [1.29, 1.82) is 0 Å². The second kappa shape index (κ2) is 10.4. The average molecular weight is 434 g/mol. The lowest BCUT2D eigenvalue weighted by atomic mass is 10.0. The number of phenols is 1. The Morgan fingerprint density at radius 2 is 1.93 bits per heavy atom. The van der Waals surface area contributed by atoms with Crippen molar-refractivity contribution < 1.29 is 24.5 Å². The number of amides is 1. The van der Waals surface area contributed by atoms with Crippen LogP contribution in [0.2, 0.25) is 0 Å². The molecule has 0 heterocycles. The Morgan fingerprint density at radius 1 is 1.19 bits per heavy atom. The standard InChI is InChI=1S/C20H20BrNO5/c21-14-11-12-17(23)16(13-14)18(9-5-2-6-10-19(24)25)27-20(26)22-15-7-3-1-4-8-15/h1,3-4,6-8,10-13,18,23H,2,5,9H2,(H,22,26)(H,24,25)/b10-6+/t18-/m1/s1. The van der Waals surface area contributed by atoms with Crippen LogP contribution >= 0.6 is 15.9 Å². The molecule has 3 N–H and O–H groups in total. The van der Waals surface area contributed by atoms with Gasteiger partial charge in [-0.05, 0) is 49.6 Å². The number of allylic oxidation sites excluding steroid dienone is 1. The number of hydrogen-bond donors (Lipinski definition) is 3. The Kier molecular flexibility index (Phi) is 7.88. The zero-order valence-electron chi connectivity index (χ0n) is 14.5. The molecule has 0 bridgehead atoms. The molecule has 0 unspecified atom stereocenters. The van der Waals surface area contributed by atoms with Crippen molar-refractivity contribution in [1.82, 2.24) is 0 Å². The van der Waals surface area contributed by atoms with Crippen molar-refractivity contribution in [3.63, 3.8) is 0 Å². The van der Waals surface area contributed by atoms with Gasteiger partial charge >= 0.3 is 12.1 Å². The average Bonchev–Trinajstić information content (AvgIpc) is 2.63. The minimum absolute atomic E-state index is 0.0248. The number of carboxylic acids is 1. The highest BCUT2D eigenvalue weighted by atomic mass is 79.9. The lowest BCUT2D eigenvalue weighted by molar-refractivity contribution is -0.131. The van der Waals surface area contributed by atoms with Gasteiger partial charge in [0.05, 0.1) is 0 Å². The molecular formula is C20H20BrNO5. The molecule has 27 heavy (non-hydrogen) atoms. The molecule has 2 aromatic carbocycles. The Labute approximate surface area is 165 Å². The zero-order chi connectivity index (χ0) is 19.6. The maximum Gasteiger partial charge on any atom is 0.412 e. The number of benzene rings is 2. The highest BCUT2D eigenvalue weighted by Crippen LogP contribution is 2.33. The number of hydrogen-bond acceptors (Lipinski definition) is 4. The van der Waals surface area contributed by atoms with Crippen molar-refractivity contribution >= 4 is 33.7 Å². The summed E-state index contributed by atoms with van der Waals surface area (Å²) in [5, 5.41) is 21.4. The van der Waals surface area contributed by atoms with Gasteiger partial charge in [0.1, 0.15) is 11.9 Å². The van der Waals surface area contributed by atoms with E-state index in [4.69, 9.17) is 9.84 Å². The van der Waals surface area contributed by atoms with Crippen LogP contribution in [0.4, 0.5) is 10.5 Å². The first-order chi connectivity index (χ1) is 13.0. The minimum atomic E-state index is -1.00. The normalized spacial score (nSPS) is 11.9. The van der Waals surface area contributed by atoms with Gasteiger partial charge in [-0.15, -0.1) is 0 Å². The number of phenolic OH excluding ortho intramolecular Hbond substituents is 1. The van der Waals surface area contributed by atoms with Crippen LogP contribution in [0.5, 0.6) is 5.75 Å². The molecule has 0 fully saturated rings. The lowest BCUT2D eigenvalue weighted by Gasteiger charge is -2.20. The van der Waals surface area contributed by atoms with E-state index in [1.807, 2.05) is 6.07 Å². The van der Waals surface area contributed by atoms with Crippen LogP contribution in [-0.4, -0.2) is 22.3 Å². The topological polar surface area (TPSA) is 95.9 Å². The van der Waals surface area contributed by atoms with E-state index in [2.05, 4.69) is 21.2 Å². The molecule has 2 rings (SSSR count). The number of carbonyl (C=O) groups is 2. The van der Waals surface area contributed by atoms with Crippen LogP contribution in [0, 0.1) is 0 Å². The Bertz CT molecular complexity index is 807. The van der Waals surface area contributed by atoms with E-state index in [9.17, 15) is 14.7 Å². The summed E-state index contributed by atoms with van der Waals surface area (Å²) in [5.41, 5.74) is 1.08. The lowest BCUT2D eigenvalue weighted by Crippen LogP contribution is -2.17. The molecule has 0 radical (unpaired) electrons. The molecule has 0 saturated carbocycles. The van der Waals surface area contributed by atoms with Crippen LogP contribution in [0.3, 0.4) is 0 Å². The predicted octanol–water partition coefficient (Wildman–Crippen LogP) is 5.26. The number of aromatic hydroxyl groups is 1. The molecule has 0 spiro atoms. The maximum atomic E-state index is 12.3. The number of nitrogens with one attached hydrogen (secondary N) is 1. The fraction of sp³-hybridized carbons (Fsp3) is 0.200. The van der Waals surface area contributed by atoms with Crippen molar-refractivity contribution in [3.8, 4) is 5.75 Å². The molecule has 0 aromatic heterocycles. The summed E-state index contributed by atoms with van der Waals surface area (Å²) in [6, 6.07) is 13.8. The first kappa shape index (κ1) is 20.5. The number of aliphatic carboxylic acids is 1. The van der Waals surface area contributed by atoms with Crippen LogP contribution in [-0.2, 0) is 9.53 Å². The molecule has 0 saturated heterocycles. The SMILES string of the molecule is O=C(O)/C=C/CCC[C@@H](OC(=O)Nc1ccccc1)c1cc(Br)ccc1O. The number of unbranched alkanes of at least 4 members (excludes halogenated alkanes) is 1. The Hall–Kier alpha value is -2.80. The fourth-order valence-corrected chi connectivity index (χ4v) is 2.84. The summed E-state index contributed by atoms with van der Waals surface area (Å²) in [6.07, 6.45) is 2.84.